The van der Waals surface area contributed by atoms with E-state index in [2.05, 4.69) is 103 Å². The number of fused-ring (bicyclic) bond motifs is 5. The number of hydrogen-bond acceptors (Lipinski definition) is 0. The average molecular weight is 459 g/mol. The number of hydrogen-bond donors (Lipinski definition) is 0. The molecule has 3 heterocycles. The predicted octanol–water partition coefficient (Wildman–Crippen LogP) is 7.87. The van der Waals surface area contributed by atoms with Gasteiger partial charge in [-0.15, -0.1) is 0 Å². The predicted molar refractivity (Wildman–Crippen MR) is 147 cm³/mol. The molecule has 6 rings (SSSR count). The molecule has 3 aromatic carbocycles. The lowest BCUT2D eigenvalue weighted by atomic mass is 9.86. The molecule has 0 aliphatic carbocycles. The van der Waals surface area contributed by atoms with Gasteiger partial charge < -0.3 is 9.25 Å². The van der Waals surface area contributed by atoms with E-state index in [1.165, 1.54) is 60.1 Å². The topological polar surface area (TPSA) is 12.7 Å². The van der Waals surface area contributed by atoms with Gasteiger partial charge in [-0.25, -0.2) is 11.1 Å². The van der Waals surface area contributed by atoms with Crippen LogP contribution in [0.1, 0.15) is 51.3 Å². The van der Waals surface area contributed by atoms with Crippen molar-refractivity contribution in [1.29, 1.82) is 0 Å². The van der Waals surface area contributed by atoms with Gasteiger partial charge in [0, 0.05) is 36.2 Å². The smallest absolute Gasteiger partial charge is 0.252 e. The highest BCUT2D eigenvalue weighted by molar-refractivity contribution is 6.26. The molecule has 0 saturated heterocycles. The summed E-state index contributed by atoms with van der Waals surface area (Å²) in [7, 11) is 2.15. The summed E-state index contributed by atoms with van der Waals surface area (Å²) in [6, 6.07) is 18.1. The van der Waals surface area contributed by atoms with Crippen molar-refractivity contribution in [2.45, 2.75) is 53.5 Å². The van der Waals surface area contributed by atoms with Gasteiger partial charge in [0.05, 0.1) is 27.3 Å². The summed E-state index contributed by atoms with van der Waals surface area (Å²) in [5.74, 6) is 0. The molecule has 0 N–H and O–H groups in total. The number of aryl methyl sites for hydroxylation is 2. The average Bonchev–Trinajstić information content (AvgIpc) is 3.14. The Morgan fingerprint density at radius 2 is 1.69 bits per heavy atom. The molecular weight excluding hydrogens is 426 g/mol. The molecule has 0 fully saturated rings. The van der Waals surface area contributed by atoms with E-state index >= 15 is 0 Å². The second kappa shape index (κ2) is 6.95. The molecule has 0 atom stereocenters. The summed E-state index contributed by atoms with van der Waals surface area (Å²) >= 11 is 0. The summed E-state index contributed by atoms with van der Waals surface area (Å²) in [6.45, 7) is 21.1. The van der Waals surface area contributed by atoms with Gasteiger partial charge in [-0.3, -0.25) is 0 Å². The Morgan fingerprint density at radius 3 is 2.40 bits per heavy atom. The maximum atomic E-state index is 7.86. The van der Waals surface area contributed by atoms with Crippen LogP contribution in [0.4, 0.5) is 0 Å². The first-order valence-electron chi connectivity index (χ1n) is 12.4. The Hall–Kier alpha value is -3.64. The first-order valence-corrected chi connectivity index (χ1v) is 12.4. The SMILES string of the molecule is [C-]#[N+]C(C)(C)c1cc2cc[n+](C)c3c4c(C)ccc5c6c(CC(C)(C)C)cccc6n(c(c1)c23)c54. The molecule has 0 aliphatic rings. The Bertz CT molecular complexity index is 1850. The monoisotopic (exact) mass is 458 g/mol. The lowest BCUT2D eigenvalue weighted by molar-refractivity contribution is -0.643. The number of pyridine rings is 2. The van der Waals surface area contributed by atoms with Gasteiger partial charge in [-0.05, 0) is 53.5 Å². The Labute approximate surface area is 206 Å². The van der Waals surface area contributed by atoms with Crippen molar-refractivity contribution in [3.63, 3.8) is 0 Å². The quantitative estimate of drug-likeness (QED) is 0.108. The molecular formula is C32H32N3+. The molecule has 0 amide bonds. The number of aromatic nitrogens is 2. The van der Waals surface area contributed by atoms with Gasteiger partial charge >= 0.3 is 0 Å². The van der Waals surface area contributed by atoms with Gasteiger partial charge in [0.2, 0.25) is 5.52 Å². The Kier molecular flexibility index (Phi) is 4.34. The van der Waals surface area contributed by atoms with Crippen molar-refractivity contribution < 1.29 is 4.57 Å². The van der Waals surface area contributed by atoms with Gasteiger partial charge in [-0.1, -0.05) is 45.0 Å². The van der Waals surface area contributed by atoms with Crippen molar-refractivity contribution in [2.75, 3.05) is 0 Å². The number of nitrogens with zero attached hydrogens (tertiary/aromatic N) is 3. The van der Waals surface area contributed by atoms with Crippen LogP contribution in [0.5, 0.6) is 0 Å². The minimum Gasteiger partial charge on any atom is -0.307 e. The second-order valence-electron chi connectivity index (χ2n) is 11.9. The zero-order valence-corrected chi connectivity index (χ0v) is 21.7. The summed E-state index contributed by atoms with van der Waals surface area (Å²) < 4.78 is 4.75. The third kappa shape index (κ3) is 2.99. The fourth-order valence-corrected chi connectivity index (χ4v) is 5.97. The van der Waals surface area contributed by atoms with Crippen molar-refractivity contribution in [3.8, 4) is 0 Å². The van der Waals surface area contributed by atoms with Crippen LogP contribution in [-0.2, 0) is 19.0 Å². The molecule has 0 aliphatic heterocycles. The normalized spacial score (nSPS) is 13.1. The van der Waals surface area contributed by atoms with E-state index in [0.717, 1.165) is 12.0 Å². The van der Waals surface area contributed by atoms with Crippen LogP contribution in [0.15, 0.2) is 54.7 Å². The van der Waals surface area contributed by atoms with Crippen LogP contribution in [0.3, 0.4) is 0 Å². The Morgan fingerprint density at radius 1 is 0.914 bits per heavy atom. The van der Waals surface area contributed by atoms with Crippen molar-refractivity contribution in [2.24, 2.45) is 12.5 Å². The third-order valence-corrected chi connectivity index (χ3v) is 7.65. The first-order chi connectivity index (χ1) is 16.5. The molecule has 3 heteroatoms. The van der Waals surface area contributed by atoms with Gasteiger partial charge in [0.25, 0.3) is 5.54 Å². The summed E-state index contributed by atoms with van der Waals surface area (Å²) in [6.07, 6.45) is 3.19. The molecule has 3 aromatic heterocycles. The maximum absolute atomic E-state index is 7.86. The van der Waals surface area contributed by atoms with E-state index in [4.69, 9.17) is 6.57 Å². The van der Waals surface area contributed by atoms with Crippen LogP contribution in [0, 0.1) is 18.9 Å². The van der Waals surface area contributed by atoms with Gasteiger partial charge in [0.15, 0.2) is 6.20 Å². The van der Waals surface area contributed by atoms with Crippen LogP contribution >= 0.6 is 0 Å². The molecule has 35 heavy (non-hydrogen) atoms. The highest BCUT2D eigenvalue weighted by Gasteiger charge is 2.30. The standard InChI is InChI=1S/C32H32N3/c1-19-12-13-23-27-21(18-31(2,3)4)10-9-11-24(27)35-25-17-22(32(5,6)33-7)16-20-14-15-34(8)30(28(20)25)26(19)29(23)35/h9-17H,18H2,1-6,8H3/q+1. The fourth-order valence-electron chi connectivity index (χ4n) is 5.97. The van der Waals surface area contributed by atoms with Gasteiger partial charge in [0.1, 0.15) is 7.05 Å². The van der Waals surface area contributed by atoms with Crippen molar-refractivity contribution in [1.82, 2.24) is 4.40 Å². The van der Waals surface area contributed by atoms with E-state index < -0.39 is 5.54 Å². The van der Waals surface area contributed by atoms with E-state index in [1.54, 1.807) is 0 Å². The first kappa shape index (κ1) is 21.9. The molecule has 6 aromatic rings. The molecule has 0 spiro atoms. The number of rotatable bonds is 2. The van der Waals surface area contributed by atoms with Crippen LogP contribution in [0.25, 0.3) is 53.8 Å². The van der Waals surface area contributed by atoms with E-state index in [0.29, 0.717) is 0 Å². The van der Waals surface area contributed by atoms with Crippen LogP contribution in [-0.4, -0.2) is 4.40 Å². The van der Waals surface area contributed by atoms with E-state index in [-0.39, 0.29) is 5.41 Å². The number of benzene rings is 3. The maximum Gasteiger partial charge on any atom is 0.252 e. The molecule has 0 unspecified atom stereocenters. The fraction of sp³-hybridized carbons (Fsp3) is 0.312. The van der Waals surface area contributed by atoms with E-state index in [9.17, 15) is 0 Å². The van der Waals surface area contributed by atoms with Crippen LogP contribution < -0.4 is 4.57 Å². The molecule has 0 radical (unpaired) electrons. The molecule has 174 valence electrons. The summed E-state index contributed by atoms with van der Waals surface area (Å²) in [4.78, 5) is 3.98. The largest absolute Gasteiger partial charge is 0.307 e. The van der Waals surface area contributed by atoms with Crippen LogP contribution in [0.2, 0.25) is 0 Å². The molecule has 3 nitrogen and oxygen atoms in total. The minimum atomic E-state index is -0.588. The minimum absolute atomic E-state index is 0.193. The molecule has 0 bridgehead atoms. The van der Waals surface area contributed by atoms with Crippen molar-refractivity contribution in [3.05, 3.63) is 82.8 Å². The zero-order chi connectivity index (χ0) is 24.9. The van der Waals surface area contributed by atoms with E-state index in [1.807, 2.05) is 13.8 Å². The van der Waals surface area contributed by atoms with Crippen molar-refractivity contribution >= 4 is 49.0 Å². The van der Waals surface area contributed by atoms with Gasteiger partial charge in [-0.2, -0.15) is 0 Å². The Balaban J connectivity index is 1.96. The highest BCUT2D eigenvalue weighted by Crippen LogP contribution is 2.43. The lowest BCUT2D eigenvalue weighted by Gasteiger charge is -2.19. The summed E-state index contributed by atoms with van der Waals surface area (Å²) in [5, 5.41) is 6.45. The zero-order valence-electron chi connectivity index (χ0n) is 21.7. The summed E-state index contributed by atoms with van der Waals surface area (Å²) in [5.41, 5.74) is 8.35. The molecule has 0 saturated carbocycles. The third-order valence-electron chi connectivity index (χ3n) is 7.65. The highest BCUT2D eigenvalue weighted by atomic mass is 15.0. The lowest BCUT2D eigenvalue weighted by Crippen LogP contribution is -2.29. The second-order valence-corrected chi connectivity index (χ2v) is 11.9.